The lowest BCUT2D eigenvalue weighted by atomic mass is 10.2. The van der Waals surface area contributed by atoms with E-state index in [1.165, 1.54) is 11.3 Å². The predicted octanol–water partition coefficient (Wildman–Crippen LogP) is 2.86. The highest BCUT2D eigenvalue weighted by Gasteiger charge is 2.36. The van der Waals surface area contributed by atoms with Crippen LogP contribution < -0.4 is 5.32 Å². The van der Waals surface area contributed by atoms with Crippen LogP contribution in [-0.4, -0.2) is 20.4 Å². The summed E-state index contributed by atoms with van der Waals surface area (Å²) in [4.78, 5) is 14.8. The average Bonchev–Trinajstić information content (AvgIpc) is 2.95. The second-order valence-electron chi connectivity index (χ2n) is 3.35. The van der Waals surface area contributed by atoms with E-state index in [1.54, 1.807) is 17.5 Å². The molecule has 0 saturated heterocycles. The number of aromatic nitrogens is 2. The molecule has 2 aromatic heterocycles. The molecule has 0 spiro atoms. The number of rotatable bonds is 4. The lowest BCUT2D eigenvalue weighted by Crippen LogP contribution is -2.19. The molecule has 0 aliphatic carbocycles. The van der Waals surface area contributed by atoms with Gasteiger partial charge in [0.05, 0.1) is 0 Å². The number of carboxylic acids is 1. The molecule has 1 atom stereocenters. The van der Waals surface area contributed by atoms with Crippen molar-refractivity contribution in [1.29, 1.82) is 0 Å². The van der Waals surface area contributed by atoms with Gasteiger partial charge in [0.15, 0.2) is 6.04 Å². The Morgan fingerprint density at radius 3 is 2.68 bits per heavy atom. The molecule has 5 nitrogen and oxygen atoms in total. The number of carbonyl (C=O) groups is 1. The van der Waals surface area contributed by atoms with Gasteiger partial charge in [-0.1, -0.05) is 6.07 Å². The van der Waals surface area contributed by atoms with Gasteiger partial charge in [-0.3, -0.25) is 0 Å². The molecule has 2 aromatic rings. The Labute approximate surface area is 112 Å². The normalized spacial score (nSPS) is 13.2. The van der Waals surface area contributed by atoms with E-state index in [2.05, 4.69) is 14.7 Å². The monoisotopic (exact) mass is 309 g/mol. The topological polar surface area (TPSA) is 75.1 Å². The van der Waals surface area contributed by atoms with Gasteiger partial charge in [0.2, 0.25) is 11.0 Å². The van der Waals surface area contributed by atoms with Crippen LogP contribution in [0.15, 0.2) is 17.5 Å². The lowest BCUT2D eigenvalue weighted by molar-refractivity contribution is -0.144. The van der Waals surface area contributed by atoms with Crippen LogP contribution in [0.3, 0.4) is 0 Å². The Kier molecular flexibility index (Phi) is 3.71. The van der Waals surface area contributed by atoms with Crippen LogP contribution >= 0.6 is 22.9 Å². The van der Waals surface area contributed by atoms with E-state index >= 15 is 0 Å². The first-order valence-electron chi connectivity index (χ1n) is 4.81. The number of nitrogens with zero attached hydrogens (tertiary/aromatic N) is 2. The molecular formula is C9H6F3N3O2S2. The number of hydrogen-bond donors (Lipinski definition) is 2. The Morgan fingerprint density at radius 1 is 1.47 bits per heavy atom. The molecule has 0 saturated carbocycles. The summed E-state index contributed by atoms with van der Waals surface area (Å²) in [6.07, 6.45) is -4.64. The standard InChI is InChI=1S/C9H6F3N3O2S2/c10-9(11,12)7-14-8(19-15-7)13-5(6(16)17)4-2-1-3-18-4/h1-3,5H,(H,16,17)(H,13,14,15). The first-order chi connectivity index (χ1) is 8.88. The summed E-state index contributed by atoms with van der Waals surface area (Å²) in [6, 6.07) is 2.08. The predicted molar refractivity (Wildman–Crippen MR) is 63.2 cm³/mol. The summed E-state index contributed by atoms with van der Waals surface area (Å²) in [7, 11) is 0. The van der Waals surface area contributed by atoms with E-state index in [0.717, 1.165) is 0 Å². The Balaban J connectivity index is 2.19. The minimum absolute atomic E-state index is 0.187. The Bertz CT molecular complexity index is 568. The third-order valence-electron chi connectivity index (χ3n) is 2.02. The minimum atomic E-state index is -4.64. The van der Waals surface area contributed by atoms with Crippen molar-refractivity contribution in [1.82, 2.24) is 9.36 Å². The van der Waals surface area contributed by atoms with Crippen LogP contribution in [-0.2, 0) is 11.0 Å². The third-order valence-corrected chi connectivity index (χ3v) is 3.61. The van der Waals surface area contributed by atoms with Gasteiger partial charge in [0, 0.05) is 16.4 Å². The van der Waals surface area contributed by atoms with Crippen molar-refractivity contribution >= 4 is 34.0 Å². The maximum atomic E-state index is 12.3. The highest BCUT2D eigenvalue weighted by atomic mass is 32.1. The molecule has 0 amide bonds. The van der Waals surface area contributed by atoms with Crippen molar-refractivity contribution in [2.45, 2.75) is 12.2 Å². The number of halogens is 3. The van der Waals surface area contributed by atoms with Crippen LogP contribution in [0.4, 0.5) is 18.3 Å². The van der Waals surface area contributed by atoms with Crippen LogP contribution in [0, 0.1) is 0 Å². The lowest BCUT2D eigenvalue weighted by Gasteiger charge is -2.10. The molecule has 0 aliphatic rings. The van der Waals surface area contributed by atoms with E-state index in [4.69, 9.17) is 5.11 Å². The Morgan fingerprint density at radius 2 is 2.21 bits per heavy atom. The first-order valence-corrected chi connectivity index (χ1v) is 6.47. The molecule has 0 aromatic carbocycles. The number of nitrogens with one attached hydrogen (secondary N) is 1. The van der Waals surface area contributed by atoms with Crippen LogP contribution in [0.2, 0.25) is 0 Å². The molecule has 0 aliphatic heterocycles. The molecule has 102 valence electrons. The maximum Gasteiger partial charge on any atom is 0.452 e. The van der Waals surface area contributed by atoms with Gasteiger partial charge in [-0.15, -0.1) is 11.3 Å². The number of alkyl halides is 3. The van der Waals surface area contributed by atoms with Crippen LogP contribution in [0.5, 0.6) is 0 Å². The Hall–Kier alpha value is -1.68. The quantitative estimate of drug-likeness (QED) is 0.908. The molecule has 1 unspecified atom stereocenters. The highest BCUT2D eigenvalue weighted by Crippen LogP contribution is 2.31. The van der Waals surface area contributed by atoms with E-state index in [0.29, 0.717) is 16.4 Å². The van der Waals surface area contributed by atoms with Gasteiger partial charge < -0.3 is 10.4 Å². The number of carboxylic acid groups (broad SMARTS) is 1. The van der Waals surface area contributed by atoms with Crippen molar-refractivity contribution in [3.05, 3.63) is 28.2 Å². The summed E-state index contributed by atoms with van der Waals surface area (Å²) in [5.74, 6) is -2.48. The molecular weight excluding hydrogens is 303 g/mol. The summed E-state index contributed by atoms with van der Waals surface area (Å²) in [5.41, 5.74) is 0. The fraction of sp³-hybridized carbons (Fsp3) is 0.222. The van der Waals surface area contributed by atoms with E-state index in [9.17, 15) is 18.0 Å². The number of aliphatic carboxylic acids is 1. The molecule has 2 N–H and O–H groups in total. The molecule has 0 radical (unpaired) electrons. The second-order valence-corrected chi connectivity index (χ2v) is 5.08. The number of anilines is 1. The fourth-order valence-electron chi connectivity index (χ4n) is 1.23. The van der Waals surface area contributed by atoms with Crippen molar-refractivity contribution in [2.75, 3.05) is 5.32 Å². The zero-order valence-electron chi connectivity index (χ0n) is 9.01. The summed E-state index contributed by atoms with van der Waals surface area (Å²) in [6.45, 7) is 0. The maximum absolute atomic E-state index is 12.3. The van der Waals surface area contributed by atoms with Gasteiger partial charge >= 0.3 is 12.1 Å². The van der Waals surface area contributed by atoms with E-state index in [1.807, 2.05) is 0 Å². The van der Waals surface area contributed by atoms with E-state index in [-0.39, 0.29) is 5.13 Å². The van der Waals surface area contributed by atoms with Crippen molar-refractivity contribution < 1.29 is 23.1 Å². The zero-order valence-corrected chi connectivity index (χ0v) is 10.6. The van der Waals surface area contributed by atoms with Crippen molar-refractivity contribution in [2.24, 2.45) is 0 Å². The molecule has 2 heterocycles. The SMILES string of the molecule is O=C(O)C(Nc1nc(C(F)(F)F)ns1)c1cccs1. The molecule has 2 rings (SSSR count). The zero-order chi connectivity index (χ0) is 14.0. The molecule has 0 bridgehead atoms. The highest BCUT2D eigenvalue weighted by molar-refractivity contribution is 7.10. The van der Waals surface area contributed by atoms with Gasteiger partial charge in [-0.25, -0.2) is 4.79 Å². The molecule has 0 fully saturated rings. The number of hydrogen-bond acceptors (Lipinski definition) is 6. The van der Waals surface area contributed by atoms with Crippen molar-refractivity contribution in [3.63, 3.8) is 0 Å². The van der Waals surface area contributed by atoms with Gasteiger partial charge in [0.1, 0.15) is 0 Å². The van der Waals surface area contributed by atoms with Crippen molar-refractivity contribution in [3.8, 4) is 0 Å². The summed E-state index contributed by atoms with van der Waals surface area (Å²) in [5, 5.41) is 13.0. The smallest absolute Gasteiger partial charge is 0.452 e. The largest absolute Gasteiger partial charge is 0.479 e. The van der Waals surface area contributed by atoms with Gasteiger partial charge in [0.25, 0.3) is 0 Å². The van der Waals surface area contributed by atoms with Gasteiger partial charge in [-0.2, -0.15) is 22.5 Å². The van der Waals surface area contributed by atoms with Crippen LogP contribution in [0.25, 0.3) is 0 Å². The van der Waals surface area contributed by atoms with Gasteiger partial charge in [-0.05, 0) is 11.4 Å². The summed E-state index contributed by atoms with van der Waals surface area (Å²) < 4.78 is 40.1. The first kappa shape index (κ1) is 13.7. The number of thiophene rings is 1. The summed E-state index contributed by atoms with van der Waals surface area (Å²) >= 11 is 1.65. The average molecular weight is 309 g/mol. The van der Waals surface area contributed by atoms with Crippen LogP contribution in [0.1, 0.15) is 16.7 Å². The molecule has 10 heteroatoms. The minimum Gasteiger partial charge on any atom is -0.479 e. The molecule has 19 heavy (non-hydrogen) atoms. The van der Waals surface area contributed by atoms with E-state index < -0.39 is 24.0 Å². The fourth-order valence-corrected chi connectivity index (χ4v) is 2.61. The third kappa shape index (κ3) is 3.20. The second kappa shape index (κ2) is 5.13.